The molecule has 0 aliphatic rings. The van der Waals surface area contributed by atoms with E-state index in [1.165, 1.54) is 18.1 Å². The van der Waals surface area contributed by atoms with E-state index in [2.05, 4.69) is 20.8 Å². The van der Waals surface area contributed by atoms with E-state index in [0.717, 1.165) is 0 Å². The number of carbonyl (C=O) groups is 1. The molecule has 0 spiro atoms. The van der Waals surface area contributed by atoms with Crippen LogP contribution in [-0.4, -0.2) is 25.8 Å². The van der Waals surface area contributed by atoms with Crippen LogP contribution in [0.15, 0.2) is 0 Å². The topological polar surface area (TPSA) is 20.3 Å². The van der Waals surface area contributed by atoms with E-state index in [-0.39, 0.29) is 5.91 Å². The molecule has 0 aromatic carbocycles. The third-order valence-electron chi connectivity index (χ3n) is 3.16. The predicted octanol–water partition coefficient (Wildman–Crippen LogP) is 2.47. The molecule has 0 heterocycles. The maximum absolute atomic E-state index is 11.2. The van der Waals surface area contributed by atoms with Crippen molar-refractivity contribution in [2.24, 2.45) is 0 Å². The van der Waals surface area contributed by atoms with Crippen molar-refractivity contribution in [3.05, 3.63) is 0 Å². The Labute approximate surface area is 77.0 Å². The van der Waals surface area contributed by atoms with Crippen LogP contribution in [0.25, 0.3) is 0 Å². The quantitative estimate of drug-likeness (QED) is 0.619. The summed E-state index contributed by atoms with van der Waals surface area (Å²) in [5.41, 5.74) is 0. The fourth-order valence-corrected chi connectivity index (χ4v) is 5.39. The minimum absolute atomic E-state index is 0.229. The van der Waals surface area contributed by atoms with Crippen molar-refractivity contribution in [3.8, 4) is 0 Å². The standard InChI is InChI=1S/C9H21NOSi/c1-6-12(7-2,8-3)10(5)9(4)11/h6-8H2,1-5H3. The first kappa shape index (κ1) is 11.7. The summed E-state index contributed by atoms with van der Waals surface area (Å²) in [6.07, 6.45) is 0. The van der Waals surface area contributed by atoms with Crippen LogP contribution in [-0.2, 0) is 4.79 Å². The second-order valence-electron chi connectivity index (χ2n) is 3.36. The van der Waals surface area contributed by atoms with Gasteiger partial charge in [-0.3, -0.25) is 4.79 Å². The lowest BCUT2D eigenvalue weighted by molar-refractivity contribution is -0.124. The van der Waals surface area contributed by atoms with Gasteiger partial charge in [-0.2, -0.15) is 0 Å². The summed E-state index contributed by atoms with van der Waals surface area (Å²) < 4.78 is 2.02. The number of amides is 1. The van der Waals surface area contributed by atoms with Crippen molar-refractivity contribution in [2.75, 3.05) is 7.05 Å². The molecular weight excluding hydrogens is 166 g/mol. The van der Waals surface area contributed by atoms with Gasteiger partial charge in [-0.25, -0.2) is 0 Å². The maximum atomic E-state index is 11.2. The lowest BCUT2D eigenvalue weighted by atomic mass is 10.7. The van der Waals surface area contributed by atoms with Gasteiger partial charge >= 0.3 is 0 Å². The van der Waals surface area contributed by atoms with Gasteiger partial charge in [0.05, 0.1) is 0 Å². The Hall–Kier alpha value is -0.313. The fraction of sp³-hybridized carbons (Fsp3) is 0.889. The van der Waals surface area contributed by atoms with E-state index in [1.54, 1.807) is 6.92 Å². The highest BCUT2D eigenvalue weighted by Crippen LogP contribution is 2.23. The molecule has 0 unspecified atom stereocenters. The lowest BCUT2D eigenvalue weighted by Crippen LogP contribution is -2.52. The Morgan fingerprint density at radius 2 is 1.50 bits per heavy atom. The number of hydrogen-bond donors (Lipinski definition) is 0. The average molecular weight is 187 g/mol. The predicted molar refractivity (Wildman–Crippen MR) is 55.6 cm³/mol. The van der Waals surface area contributed by atoms with E-state index in [4.69, 9.17) is 0 Å². The molecule has 0 aromatic rings. The van der Waals surface area contributed by atoms with Gasteiger partial charge < -0.3 is 4.57 Å². The number of rotatable bonds is 4. The third-order valence-corrected chi connectivity index (χ3v) is 8.84. The van der Waals surface area contributed by atoms with E-state index in [1.807, 2.05) is 11.6 Å². The summed E-state index contributed by atoms with van der Waals surface area (Å²) in [5.74, 6) is 0.229. The molecule has 0 aliphatic carbocycles. The van der Waals surface area contributed by atoms with E-state index >= 15 is 0 Å². The smallest absolute Gasteiger partial charge is 0.211 e. The Morgan fingerprint density at radius 1 is 1.17 bits per heavy atom. The number of carbonyl (C=O) groups excluding carboxylic acids is 1. The van der Waals surface area contributed by atoms with Gasteiger partial charge in [0.1, 0.15) is 0 Å². The number of hydrogen-bond acceptors (Lipinski definition) is 1. The van der Waals surface area contributed by atoms with Gasteiger partial charge in [0.25, 0.3) is 0 Å². The molecule has 0 saturated heterocycles. The third kappa shape index (κ3) is 2.09. The van der Waals surface area contributed by atoms with E-state index in [9.17, 15) is 4.79 Å². The van der Waals surface area contributed by atoms with Crippen molar-refractivity contribution in [1.82, 2.24) is 4.57 Å². The van der Waals surface area contributed by atoms with Gasteiger partial charge in [-0.15, -0.1) is 0 Å². The van der Waals surface area contributed by atoms with Gasteiger partial charge in [0.15, 0.2) is 8.24 Å². The molecule has 0 rings (SSSR count). The van der Waals surface area contributed by atoms with Crippen LogP contribution in [0.2, 0.25) is 18.1 Å². The normalized spacial score (nSPS) is 11.4. The molecular formula is C9H21NOSi. The monoisotopic (exact) mass is 187 g/mol. The van der Waals surface area contributed by atoms with Crippen molar-refractivity contribution >= 4 is 14.1 Å². The zero-order chi connectivity index (χ0) is 9.78. The summed E-state index contributed by atoms with van der Waals surface area (Å²) in [6.45, 7) is 8.29. The molecule has 2 nitrogen and oxygen atoms in total. The number of nitrogens with zero attached hydrogens (tertiary/aromatic N) is 1. The van der Waals surface area contributed by atoms with Crippen molar-refractivity contribution < 1.29 is 4.79 Å². The molecule has 0 N–H and O–H groups in total. The van der Waals surface area contributed by atoms with E-state index in [0.29, 0.717) is 0 Å². The first-order valence-corrected chi connectivity index (χ1v) is 7.35. The first-order chi connectivity index (χ1) is 5.54. The average Bonchev–Trinajstić information content (AvgIpc) is 2.08. The summed E-state index contributed by atoms with van der Waals surface area (Å²) in [5, 5.41) is 0. The molecule has 1 amide bonds. The van der Waals surface area contributed by atoms with Crippen LogP contribution in [0, 0.1) is 0 Å². The largest absolute Gasteiger partial charge is 0.372 e. The minimum atomic E-state index is -1.40. The highest BCUT2D eigenvalue weighted by atomic mass is 28.3. The summed E-state index contributed by atoms with van der Waals surface area (Å²) in [6, 6.07) is 3.53. The van der Waals surface area contributed by atoms with Crippen LogP contribution in [0.4, 0.5) is 0 Å². The molecule has 12 heavy (non-hydrogen) atoms. The Morgan fingerprint density at radius 3 is 1.58 bits per heavy atom. The van der Waals surface area contributed by atoms with Crippen LogP contribution < -0.4 is 0 Å². The Kier molecular flexibility index (Phi) is 4.53. The van der Waals surface area contributed by atoms with Crippen molar-refractivity contribution in [1.29, 1.82) is 0 Å². The highest BCUT2D eigenvalue weighted by Gasteiger charge is 2.33. The molecule has 0 fully saturated rings. The Bertz CT molecular complexity index is 146. The van der Waals surface area contributed by atoms with Gasteiger partial charge in [-0.05, 0) is 18.1 Å². The second kappa shape index (κ2) is 4.65. The van der Waals surface area contributed by atoms with Crippen LogP contribution in [0.3, 0.4) is 0 Å². The van der Waals surface area contributed by atoms with Crippen LogP contribution in [0.1, 0.15) is 27.7 Å². The van der Waals surface area contributed by atoms with Gasteiger partial charge in [0, 0.05) is 14.0 Å². The fourth-order valence-electron chi connectivity index (χ4n) is 1.80. The molecule has 0 saturated carbocycles. The zero-order valence-corrected chi connectivity index (χ0v) is 9.98. The zero-order valence-electron chi connectivity index (χ0n) is 8.98. The highest BCUT2D eigenvalue weighted by molar-refractivity contribution is 6.78. The first-order valence-electron chi connectivity index (χ1n) is 4.78. The SMILES string of the molecule is CC[Si](CC)(CC)N(C)C(C)=O. The van der Waals surface area contributed by atoms with E-state index < -0.39 is 8.24 Å². The Balaban J connectivity index is 4.58. The molecule has 72 valence electrons. The van der Waals surface area contributed by atoms with Crippen LogP contribution >= 0.6 is 0 Å². The molecule has 0 atom stereocenters. The summed E-state index contributed by atoms with van der Waals surface area (Å²) in [7, 11) is 0.563. The summed E-state index contributed by atoms with van der Waals surface area (Å²) >= 11 is 0. The van der Waals surface area contributed by atoms with Gasteiger partial charge in [0.2, 0.25) is 5.91 Å². The lowest BCUT2D eigenvalue weighted by Gasteiger charge is -2.37. The van der Waals surface area contributed by atoms with Gasteiger partial charge in [-0.1, -0.05) is 20.8 Å². The molecule has 3 heteroatoms. The maximum Gasteiger partial charge on any atom is 0.211 e. The minimum Gasteiger partial charge on any atom is -0.372 e. The molecule has 0 aliphatic heterocycles. The van der Waals surface area contributed by atoms with Crippen LogP contribution in [0.5, 0.6) is 0 Å². The summed E-state index contributed by atoms with van der Waals surface area (Å²) in [4.78, 5) is 11.2. The molecule has 0 bridgehead atoms. The molecule has 0 aromatic heterocycles. The molecule has 0 radical (unpaired) electrons. The van der Waals surface area contributed by atoms with Crippen molar-refractivity contribution in [2.45, 2.75) is 45.8 Å². The van der Waals surface area contributed by atoms with Crippen molar-refractivity contribution in [3.63, 3.8) is 0 Å². The second-order valence-corrected chi connectivity index (χ2v) is 8.60.